The molecule has 1 aromatic carbocycles. The molecule has 0 spiro atoms. The molecule has 0 fully saturated rings. The van der Waals surface area contributed by atoms with Crippen molar-refractivity contribution in [3.8, 4) is 0 Å². The van der Waals surface area contributed by atoms with Crippen molar-refractivity contribution < 1.29 is 19.8 Å². The van der Waals surface area contributed by atoms with Gasteiger partial charge in [-0.1, -0.05) is 46.3 Å². The zero-order valence-corrected chi connectivity index (χ0v) is 10.4. The molecule has 0 bridgehead atoms. The zero-order chi connectivity index (χ0) is 13.3. The van der Waals surface area contributed by atoms with E-state index in [9.17, 15) is 9.59 Å². The van der Waals surface area contributed by atoms with E-state index in [2.05, 4.69) is 15.9 Å². The quantitative estimate of drug-likeness (QED) is 0.448. The van der Waals surface area contributed by atoms with Gasteiger partial charge in [-0.05, 0) is 5.56 Å². The Morgan fingerprint density at radius 3 is 1.76 bits per heavy atom. The first-order valence-corrected chi connectivity index (χ1v) is 5.43. The summed E-state index contributed by atoms with van der Waals surface area (Å²) in [7, 11) is 0. The number of carboxylic acid groups (broad SMARTS) is 2. The standard InChI is InChI=1S/C7H8BrN.C4H4O4/c8-7(9)6-4-2-1-3-5-6;5-3(6)1-2-4(7)8/h1-5,7H,9H2;1-2H,(H,5,6)(H,7,8)/b;2-1+. The Bertz CT molecular complexity index is 374. The largest absolute Gasteiger partial charge is 0.478 e. The van der Waals surface area contributed by atoms with E-state index in [0.29, 0.717) is 12.2 Å². The number of carbonyl (C=O) groups is 2. The average Bonchev–Trinajstić information content (AvgIpc) is 2.28. The van der Waals surface area contributed by atoms with E-state index in [1.807, 2.05) is 30.3 Å². The minimum absolute atomic E-state index is 0.0290. The number of alkyl halides is 1. The highest BCUT2D eigenvalue weighted by Crippen LogP contribution is 2.14. The van der Waals surface area contributed by atoms with E-state index < -0.39 is 11.9 Å². The molecule has 4 N–H and O–H groups in total. The van der Waals surface area contributed by atoms with Crippen LogP contribution >= 0.6 is 15.9 Å². The summed E-state index contributed by atoms with van der Waals surface area (Å²) in [6.07, 6.45) is 1.12. The number of benzene rings is 1. The lowest BCUT2D eigenvalue weighted by molar-refractivity contribution is -0.134. The molecule has 1 rings (SSSR count). The Labute approximate surface area is 107 Å². The van der Waals surface area contributed by atoms with Gasteiger partial charge in [-0.2, -0.15) is 0 Å². The van der Waals surface area contributed by atoms with Crippen molar-refractivity contribution in [1.82, 2.24) is 0 Å². The molecule has 0 aliphatic rings. The van der Waals surface area contributed by atoms with E-state index in [1.165, 1.54) is 0 Å². The van der Waals surface area contributed by atoms with E-state index in [0.717, 1.165) is 5.56 Å². The lowest BCUT2D eigenvalue weighted by atomic mass is 10.2. The number of hydrogen-bond donors (Lipinski definition) is 3. The Kier molecular flexibility index (Phi) is 7.66. The highest BCUT2D eigenvalue weighted by Gasteiger charge is 1.95. The molecule has 5 nitrogen and oxygen atoms in total. The lowest BCUT2D eigenvalue weighted by Crippen LogP contribution is -1.99. The maximum atomic E-state index is 9.55. The highest BCUT2D eigenvalue weighted by atomic mass is 79.9. The Morgan fingerprint density at radius 1 is 1.12 bits per heavy atom. The summed E-state index contributed by atoms with van der Waals surface area (Å²) < 4.78 is 0. The third-order valence-electron chi connectivity index (χ3n) is 1.49. The minimum Gasteiger partial charge on any atom is -0.478 e. The maximum Gasteiger partial charge on any atom is 0.328 e. The summed E-state index contributed by atoms with van der Waals surface area (Å²) in [5.74, 6) is -2.51. The molecule has 0 aliphatic carbocycles. The summed E-state index contributed by atoms with van der Waals surface area (Å²) in [5, 5.41) is 15.6. The van der Waals surface area contributed by atoms with Gasteiger partial charge in [-0.15, -0.1) is 0 Å². The van der Waals surface area contributed by atoms with Crippen molar-refractivity contribution in [2.24, 2.45) is 5.73 Å². The molecule has 1 atom stereocenters. The molecule has 0 amide bonds. The summed E-state index contributed by atoms with van der Waals surface area (Å²) >= 11 is 3.26. The van der Waals surface area contributed by atoms with Gasteiger partial charge in [0.05, 0.1) is 4.95 Å². The summed E-state index contributed by atoms with van der Waals surface area (Å²) in [5.41, 5.74) is 6.64. The normalized spacial score (nSPS) is 11.4. The van der Waals surface area contributed by atoms with Gasteiger partial charge in [-0.25, -0.2) is 9.59 Å². The number of aliphatic carboxylic acids is 2. The van der Waals surface area contributed by atoms with Crippen LogP contribution in [0.4, 0.5) is 0 Å². The van der Waals surface area contributed by atoms with Crippen LogP contribution in [0.2, 0.25) is 0 Å². The number of nitrogens with two attached hydrogens (primary N) is 1. The molecule has 0 aliphatic heterocycles. The fourth-order valence-corrected chi connectivity index (χ4v) is 1.08. The monoisotopic (exact) mass is 301 g/mol. The molecule has 0 saturated carbocycles. The van der Waals surface area contributed by atoms with Crippen LogP contribution in [0.1, 0.15) is 10.5 Å². The second-order valence-corrected chi connectivity index (χ2v) is 3.81. The van der Waals surface area contributed by atoms with Crippen LogP contribution in [0.3, 0.4) is 0 Å². The molecule has 0 radical (unpaired) electrons. The van der Waals surface area contributed by atoms with Gasteiger partial charge in [0, 0.05) is 12.2 Å². The Balaban J connectivity index is 0.000000304. The van der Waals surface area contributed by atoms with Crippen molar-refractivity contribution in [3.63, 3.8) is 0 Å². The fourth-order valence-electron chi connectivity index (χ4n) is 0.779. The minimum atomic E-state index is -1.26. The van der Waals surface area contributed by atoms with Crippen LogP contribution in [0.5, 0.6) is 0 Å². The lowest BCUT2D eigenvalue weighted by Gasteiger charge is -2.00. The van der Waals surface area contributed by atoms with E-state index >= 15 is 0 Å². The molecule has 92 valence electrons. The predicted molar refractivity (Wildman–Crippen MR) is 66.7 cm³/mol. The van der Waals surface area contributed by atoms with Crippen molar-refractivity contribution in [2.75, 3.05) is 0 Å². The third kappa shape index (κ3) is 9.28. The Hall–Kier alpha value is -1.66. The number of rotatable bonds is 3. The first-order valence-electron chi connectivity index (χ1n) is 4.52. The highest BCUT2D eigenvalue weighted by molar-refractivity contribution is 9.09. The average molecular weight is 302 g/mol. The number of carboxylic acids is 2. The van der Waals surface area contributed by atoms with Gasteiger partial charge in [0.2, 0.25) is 0 Å². The maximum absolute atomic E-state index is 9.55. The zero-order valence-electron chi connectivity index (χ0n) is 8.79. The van der Waals surface area contributed by atoms with E-state index in [1.54, 1.807) is 0 Å². The van der Waals surface area contributed by atoms with Gasteiger partial charge in [0.25, 0.3) is 0 Å². The molecular formula is C11H12BrNO4. The smallest absolute Gasteiger partial charge is 0.328 e. The van der Waals surface area contributed by atoms with Gasteiger partial charge in [0.15, 0.2) is 0 Å². The molecular weight excluding hydrogens is 290 g/mol. The second-order valence-electron chi connectivity index (χ2n) is 2.82. The fraction of sp³-hybridized carbons (Fsp3) is 0.0909. The van der Waals surface area contributed by atoms with Crippen LogP contribution in [0.25, 0.3) is 0 Å². The van der Waals surface area contributed by atoms with Crippen LogP contribution in [-0.4, -0.2) is 22.2 Å². The third-order valence-corrected chi connectivity index (χ3v) is 2.02. The predicted octanol–water partition coefficient (Wildman–Crippen LogP) is 1.75. The van der Waals surface area contributed by atoms with E-state index in [4.69, 9.17) is 15.9 Å². The van der Waals surface area contributed by atoms with E-state index in [-0.39, 0.29) is 4.95 Å². The van der Waals surface area contributed by atoms with Crippen molar-refractivity contribution in [3.05, 3.63) is 48.0 Å². The molecule has 1 aromatic rings. The molecule has 0 aromatic heterocycles. The first kappa shape index (κ1) is 15.3. The molecule has 6 heteroatoms. The summed E-state index contributed by atoms with van der Waals surface area (Å²) in [6.45, 7) is 0. The van der Waals surface area contributed by atoms with Gasteiger partial charge in [0.1, 0.15) is 0 Å². The molecule has 0 heterocycles. The van der Waals surface area contributed by atoms with Crippen molar-refractivity contribution in [1.29, 1.82) is 0 Å². The SMILES string of the molecule is NC(Br)c1ccccc1.O=C(O)/C=C/C(=O)O. The molecule has 1 unspecified atom stereocenters. The van der Waals surface area contributed by atoms with Crippen LogP contribution in [-0.2, 0) is 9.59 Å². The molecule has 0 saturated heterocycles. The van der Waals surface area contributed by atoms with Gasteiger partial charge >= 0.3 is 11.9 Å². The topological polar surface area (TPSA) is 101 Å². The van der Waals surface area contributed by atoms with Crippen molar-refractivity contribution in [2.45, 2.75) is 4.95 Å². The Morgan fingerprint density at radius 2 is 1.53 bits per heavy atom. The van der Waals surface area contributed by atoms with Crippen molar-refractivity contribution >= 4 is 27.9 Å². The van der Waals surface area contributed by atoms with Crippen LogP contribution in [0, 0.1) is 0 Å². The van der Waals surface area contributed by atoms with Gasteiger partial charge < -0.3 is 15.9 Å². The summed E-state index contributed by atoms with van der Waals surface area (Å²) in [6, 6.07) is 9.88. The van der Waals surface area contributed by atoms with Crippen LogP contribution < -0.4 is 5.73 Å². The second kappa shape index (κ2) is 8.49. The molecule has 17 heavy (non-hydrogen) atoms. The number of hydrogen-bond acceptors (Lipinski definition) is 3. The number of halogens is 1. The first-order chi connectivity index (χ1) is 7.93. The summed E-state index contributed by atoms with van der Waals surface area (Å²) in [4.78, 5) is 19.1. The van der Waals surface area contributed by atoms with Gasteiger partial charge in [-0.3, -0.25) is 0 Å². The van der Waals surface area contributed by atoms with Crippen LogP contribution in [0.15, 0.2) is 42.5 Å².